The topological polar surface area (TPSA) is 48.5 Å². The Bertz CT molecular complexity index is 3350. The van der Waals surface area contributed by atoms with Gasteiger partial charge >= 0.3 is 6.18 Å². The van der Waals surface area contributed by atoms with Crippen LogP contribution in [-0.2, 0) is 6.18 Å². The van der Waals surface area contributed by atoms with Gasteiger partial charge in [0.1, 0.15) is 0 Å². The second-order valence-corrected chi connectivity index (χ2v) is 14.7. The molecule has 286 valence electrons. The zero-order valence-electron chi connectivity index (χ0n) is 31.8. The molecule has 0 unspecified atom stereocenters. The Morgan fingerprint density at radius 3 is 1.43 bits per heavy atom. The molecule has 0 spiro atoms. The molecule has 11 aromatic rings. The largest absolute Gasteiger partial charge is 0.417 e. The number of hydrogen-bond acceptors (Lipinski definition) is 3. The lowest BCUT2D eigenvalue weighted by atomic mass is 9.95. The molecule has 0 N–H and O–H groups in total. The van der Waals surface area contributed by atoms with Gasteiger partial charge in [0.15, 0.2) is 17.5 Å². The highest BCUT2D eigenvalue weighted by atomic mass is 19.4. The molecule has 0 bridgehead atoms. The van der Waals surface area contributed by atoms with E-state index in [1.54, 1.807) is 18.2 Å². The number of rotatable bonds is 6. The lowest BCUT2D eigenvalue weighted by Crippen LogP contribution is -2.08. The molecule has 60 heavy (non-hydrogen) atoms. The lowest BCUT2D eigenvalue weighted by molar-refractivity contribution is -0.137. The summed E-state index contributed by atoms with van der Waals surface area (Å²) >= 11 is 0. The predicted octanol–water partition coefficient (Wildman–Crippen LogP) is 13.8. The van der Waals surface area contributed by atoms with Crippen LogP contribution in [0.25, 0.3) is 100 Å². The predicted molar refractivity (Wildman–Crippen MR) is 235 cm³/mol. The minimum atomic E-state index is -4.62. The van der Waals surface area contributed by atoms with Gasteiger partial charge in [0, 0.05) is 49.5 Å². The van der Waals surface area contributed by atoms with E-state index >= 15 is 13.2 Å². The van der Waals surface area contributed by atoms with E-state index in [9.17, 15) is 0 Å². The highest BCUT2D eigenvalue weighted by Gasteiger charge is 2.34. The normalized spacial score (nSPS) is 11.9. The van der Waals surface area contributed by atoms with Crippen molar-refractivity contribution in [2.45, 2.75) is 6.18 Å². The van der Waals surface area contributed by atoms with E-state index < -0.39 is 11.7 Å². The van der Waals surface area contributed by atoms with Crippen LogP contribution in [0.3, 0.4) is 0 Å². The summed E-state index contributed by atoms with van der Waals surface area (Å²) in [6, 6.07) is 61.6. The first-order valence-corrected chi connectivity index (χ1v) is 19.6. The second-order valence-electron chi connectivity index (χ2n) is 14.7. The van der Waals surface area contributed by atoms with Crippen LogP contribution >= 0.6 is 0 Å². The third kappa shape index (κ3) is 5.83. The molecular weight excluding hydrogens is 752 g/mol. The number of alkyl halides is 3. The van der Waals surface area contributed by atoms with E-state index in [1.165, 1.54) is 6.07 Å². The fourth-order valence-electron chi connectivity index (χ4n) is 8.53. The molecule has 0 aliphatic carbocycles. The van der Waals surface area contributed by atoms with Crippen molar-refractivity contribution in [3.05, 3.63) is 200 Å². The molecule has 0 aliphatic heterocycles. The van der Waals surface area contributed by atoms with E-state index in [-0.39, 0.29) is 5.56 Å². The zero-order chi connectivity index (χ0) is 40.4. The van der Waals surface area contributed by atoms with Gasteiger partial charge in [-0.3, -0.25) is 0 Å². The van der Waals surface area contributed by atoms with Crippen molar-refractivity contribution in [1.82, 2.24) is 24.1 Å². The first-order valence-electron chi connectivity index (χ1n) is 19.6. The Morgan fingerprint density at radius 1 is 0.350 bits per heavy atom. The fraction of sp³-hybridized carbons (Fsp3) is 0.0192. The fourth-order valence-corrected chi connectivity index (χ4v) is 8.53. The summed E-state index contributed by atoms with van der Waals surface area (Å²) in [5.41, 5.74) is 7.21. The van der Waals surface area contributed by atoms with Crippen LogP contribution in [-0.4, -0.2) is 24.1 Å². The molecular formula is C52H32F3N5. The Labute approximate surface area is 342 Å². The maximum absolute atomic E-state index is 15.1. The van der Waals surface area contributed by atoms with Crippen molar-refractivity contribution in [2.75, 3.05) is 0 Å². The molecule has 0 saturated carbocycles. The standard InChI is InChI=1S/C52H32F3N5/c53-52(54,55)43-25-13-10-22-37(43)40-30-35(51-57-49(33-16-4-1-5-17-33)56-50(58-51)34-18-6-2-7-19-34)28-29-46(40)60-45-27-15-12-24-39(45)42-31-41-38-23-11-14-26-44(38)59(47(41)32-48(42)60)36-20-8-3-9-21-36/h1-32H. The number of halogens is 3. The van der Waals surface area contributed by atoms with Gasteiger partial charge in [0.2, 0.25) is 0 Å². The minimum Gasteiger partial charge on any atom is -0.309 e. The maximum atomic E-state index is 15.1. The summed E-state index contributed by atoms with van der Waals surface area (Å²) < 4.78 is 49.5. The van der Waals surface area contributed by atoms with E-state index in [4.69, 9.17) is 15.0 Å². The summed E-state index contributed by atoms with van der Waals surface area (Å²) in [6.45, 7) is 0. The van der Waals surface area contributed by atoms with Gasteiger partial charge < -0.3 is 9.13 Å². The SMILES string of the molecule is FC(F)(F)c1ccccc1-c1cc(-c2nc(-c3ccccc3)nc(-c3ccccc3)n2)ccc1-n1c2ccccc2c2cc3c4ccccc4n(-c4ccccc4)c3cc21. The number of fused-ring (bicyclic) bond motifs is 6. The molecule has 0 atom stereocenters. The quantitative estimate of drug-likeness (QED) is 0.169. The first-order chi connectivity index (χ1) is 29.4. The van der Waals surface area contributed by atoms with E-state index in [0.29, 0.717) is 34.3 Å². The summed E-state index contributed by atoms with van der Waals surface area (Å²) in [5.74, 6) is 1.26. The molecule has 0 fully saturated rings. The van der Waals surface area contributed by atoms with Crippen LogP contribution < -0.4 is 0 Å². The van der Waals surface area contributed by atoms with Crippen molar-refractivity contribution < 1.29 is 13.2 Å². The Kier molecular flexibility index (Phi) is 8.20. The van der Waals surface area contributed by atoms with Gasteiger partial charge in [0.25, 0.3) is 0 Å². The highest BCUT2D eigenvalue weighted by molar-refractivity contribution is 6.19. The third-order valence-electron chi connectivity index (χ3n) is 11.2. The number of para-hydroxylation sites is 3. The third-order valence-corrected chi connectivity index (χ3v) is 11.2. The number of benzene rings is 8. The molecule has 3 heterocycles. The maximum Gasteiger partial charge on any atom is 0.417 e. The van der Waals surface area contributed by atoms with Crippen LogP contribution in [0.5, 0.6) is 0 Å². The molecule has 0 saturated heterocycles. The monoisotopic (exact) mass is 783 g/mol. The summed E-state index contributed by atoms with van der Waals surface area (Å²) in [4.78, 5) is 14.7. The summed E-state index contributed by atoms with van der Waals surface area (Å²) in [7, 11) is 0. The van der Waals surface area contributed by atoms with Crippen LogP contribution in [0.2, 0.25) is 0 Å². The minimum absolute atomic E-state index is 0.0490. The average Bonchev–Trinajstić information content (AvgIpc) is 3.80. The number of nitrogens with zero attached hydrogens (tertiary/aromatic N) is 5. The molecule has 0 radical (unpaired) electrons. The van der Waals surface area contributed by atoms with Crippen LogP contribution in [0.4, 0.5) is 13.2 Å². The van der Waals surface area contributed by atoms with Gasteiger partial charge in [0.05, 0.1) is 33.3 Å². The zero-order valence-corrected chi connectivity index (χ0v) is 31.8. The molecule has 3 aromatic heterocycles. The Hall–Kier alpha value is -7.84. The number of aromatic nitrogens is 5. The average molecular weight is 784 g/mol. The molecule has 0 aliphatic rings. The van der Waals surface area contributed by atoms with Crippen LogP contribution in [0.15, 0.2) is 194 Å². The van der Waals surface area contributed by atoms with E-state index in [1.807, 2.05) is 115 Å². The van der Waals surface area contributed by atoms with Crippen molar-refractivity contribution >= 4 is 43.6 Å². The molecule has 11 rings (SSSR count). The molecule has 8 aromatic carbocycles. The molecule has 0 amide bonds. The van der Waals surface area contributed by atoms with Crippen LogP contribution in [0.1, 0.15) is 5.56 Å². The lowest BCUT2D eigenvalue weighted by Gasteiger charge is -2.19. The highest BCUT2D eigenvalue weighted by Crippen LogP contribution is 2.44. The van der Waals surface area contributed by atoms with E-state index in [2.05, 4.69) is 57.7 Å². The summed E-state index contributed by atoms with van der Waals surface area (Å²) in [5, 5.41) is 4.18. The van der Waals surface area contributed by atoms with Crippen LogP contribution in [0, 0.1) is 0 Å². The van der Waals surface area contributed by atoms with Gasteiger partial charge in [-0.1, -0.05) is 133 Å². The molecule has 8 heteroatoms. The second kappa shape index (κ2) is 13.9. The van der Waals surface area contributed by atoms with E-state index in [0.717, 1.165) is 66.5 Å². The summed E-state index contributed by atoms with van der Waals surface area (Å²) in [6.07, 6.45) is -4.62. The van der Waals surface area contributed by atoms with Gasteiger partial charge in [-0.2, -0.15) is 13.2 Å². The van der Waals surface area contributed by atoms with Gasteiger partial charge in [-0.15, -0.1) is 0 Å². The first kappa shape index (κ1) is 35.3. The molecule has 5 nitrogen and oxygen atoms in total. The Morgan fingerprint density at radius 2 is 0.833 bits per heavy atom. The number of hydrogen-bond donors (Lipinski definition) is 0. The van der Waals surface area contributed by atoms with Gasteiger partial charge in [-0.05, 0) is 66.2 Å². The smallest absolute Gasteiger partial charge is 0.309 e. The van der Waals surface area contributed by atoms with Crippen molar-refractivity contribution in [3.8, 4) is 56.7 Å². The Balaban J connectivity index is 1.22. The van der Waals surface area contributed by atoms with Gasteiger partial charge in [-0.25, -0.2) is 15.0 Å². The van der Waals surface area contributed by atoms with Crippen molar-refractivity contribution in [2.24, 2.45) is 0 Å². The van der Waals surface area contributed by atoms with Crippen molar-refractivity contribution in [1.29, 1.82) is 0 Å². The van der Waals surface area contributed by atoms with Crippen molar-refractivity contribution in [3.63, 3.8) is 0 Å².